The molecule has 0 aliphatic rings. The van der Waals surface area contributed by atoms with Gasteiger partial charge in [-0.2, -0.15) is 0 Å². The number of hydrogen-bond donors (Lipinski definition) is 2. The predicted octanol–water partition coefficient (Wildman–Crippen LogP) is 1.30. The third kappa shape index (κ3) is 2.37. The van der Waals surface area contributed by atoms with E-state index in [2.05, 4.69) is 0 Å². The highest BCUT2D eigenvalue weighted by molar-refractivity contribution is 5.76. The van der Waals surface area contributed by atoms with E-state index < -0.39 is 12.0 Å². The Morgan fingerprint density at radius 2 is 1.90 bits per heavy atom. The number of carbonyl (C=O) groups is 1. The lowest BCUT2D eigenvalue weighted by Gasteiger charge is -2.13. The van der Waals surface area contributed by atoms with Crippen LogP contribution in [0.5, 0.6) is 0 Å². The number of benzene rings is 1. The van der Waals surface area contributed by atoms with Gasteiger partial charge in [0.15, 0.2) is 0 Å². The first-order chi connectivity index (χ1) is 9.43. The van der Waals surface area contributed by atoms with Gasteiger partial charge in [0.2, 0.25) is 0 Å². The van der Waals surface area contributed by atoms with Crippen LogP contribution in [0.2, 0.25) is 0 Å². The number of carboxylic acids is 1. The number of carboxylic acid groups (broad SMARTS) is 1. The van der Waals surface area contributed by atoms with Gasteiger partial charge in [0.25, 0.3) is 0 Å². The lowest BCUT2D eigenvalue weighted by molar-refractivity contribution is -0.138. The largest absolute Gasteiger partial charge is 0.480 e. The lowest BCUT2D eigenvalue weighted by atomic mass is 10.1. The van der Waals surface area contributed by atoms with E-state index in [1.54, 1.807) is 41.2 Å². The van der Waals surface area contributed by atoms with Crippen molar-refractivity contribution < 1.29 is 9.90 Å². The van der Waals surface area contributed by atoms with Crippen molar-refractivity contribution in [2.24, 2.45) is 5.73 Å². The van der Waals surface area contributed by atoms with E-state index in [-0.39, 0.29) is 11.7 Å². The Hall–Kier alpha value is -2.34. The minimum atomic E-state index is -1.17. The molecule has 6 heteroatoms. The van der Waals surface area contributed by atoms with Crippen LogP contribution in [-0.4, -0.2) is 20.2 Å². The zero-order valence-electron chi connectivity index (χ0n) is 11.4. The highest BCUT2D eigenvalue weighted by atomic mass is 16.4. The SMILES string of the molecule is CC(C)n1ccn(-c2ccccc2C(N)C(=O)O)c1=O. The van der Waals surface area contributed by atoms with Crippen molar-refractivity contribution in [2.45, 2.75) is 25.9 Å². The van der Waals surface area contributed by atoms with Gasteiger partial charge in [0, 0.05) is 24.0 Å². The minimum Gasteiger partial charge on any atom is -0.480 e. The summed E-state index contributed by atoms with van der Waals surface area (Å²) < 4.78 is 2.99. The quantitative estimate of drug-likeness (QED) is 0.880. The molecule has 3 N–H and O–H groups in total. The molecule has 0 spiro atoms. The second-order valence-corrected chi connectivity index (χ2v) is 4.83. The van der Waals surface area contributed by atoms with Crippen molar-refractivity contribution in [2.75, 3.05) is 0 Å². The molecule has 1 aromatic carbocycles. The van der Waals surface area contributed by atoms with Crippen molar-refractivity contribution in [3.63, 3.8) is 0 Å². The average molecular weight is 275 g/mol. The Morgan fingerprint density at radius 1 is 1.25 bits per heavy atom. The van der Waals surface area contributed by atoms with Crippen molar-refractivity contribution in [1.29, 1.82) is 0 Å². The van der Waals surface area contributed by atoms with Gasteiger partial charge >= 0.3 is 11.7 Å². The van der Waals surface area contributed by atoms with E-state index in [0.29, 0.717) is 11.3 Å². The zero-order chi connectivity index (χ0) is 14.9. The van der Waals surface area contributed by atoms with Crippen molar-refractivity contribution in [1.82, 2.24) is 9.13 Å². The molecular formula is C14H17N3O3. The summed E-state index contributed by atoms with van der Waals surface area (Å²) in [5.74, 6) is -1.13. The van der Waals surface area contributed by atoms with Gasteiger partial charge in [0.1, 0.15) is 6.04 Å². The Kier molecular flexibility index (Phi) is 3.76. The third-order valence-electron chi connectivity index (χ3n) is 3.16. The molecule has 1 atom stereocenters. The Morgan fingerprint density at radius 3 is 2.45 bits per heavy atom. The smallest absolute Gasteiger partial charge is 0.332 e. The van der Waals surface area contributed by atoms with Gasteiger partial charge in [-0.05, 0) is 19.9 Å². The number of para-hydroxylation sites is 1. The van der Waals surface area contributed by atoms with E-state index in [9.17, 15) is 9.59 Å². The summed E-state index contributed by atoms with van der Waals surface area (Å²) in [6.45, 7) is 3.81. The Labute approximate surface area is 116 Å². The molecule has 6 nitrogen and oxygen atoms in total. The summed E-state index contributed by atoms with van der Waals surface area (Å²) >= 11 is 0. The normalized spacial score (nSPS) is 12.6. The molecule has 0 saturated heterocycles. The van der Waals surface area contributed by atoms with Crippen LogP contribution in [0.1, 0.15) is 31.5 Å². The highest BCUT2D eigenvalue weighted by Gasteiger charge is 2.19. The molecule has 2 rings (SSSR count). The van der Waals surface area contributed by atoms with Gasteiger partial charge in [-0.15, -0.1) is 0 Å². The summed E-state index contributed by atoms with van der Waals surface area (Å²) in [4.78, 5) is 23.4. The molecule has 0 bridgehead atoms. The molecule has 2 aromatic rings. The summed E-state index contributed by atoms with van der Waals surface area (Å²) in [7, 11) is 0. The molecule has 0 aliphatic carbocycles. The van der Waals surface area contributed by atoms with E-state index in [4.69, 9.17) is 10.8 Å². The van der Waals surface area contributed by atoms with Gasteiger partial charge in [-0.1, -0.05) is 18.2 Å². The van der Waals surface area contributed by atoms with E-state index >= 15 is 0 Å². The summed E-state index contributed by atoms with van der Waals surface area (Å²) in [5, 5.41) is 9.05. The maximum Gasteiger partial charge on any atom is 0.332 e. The Bertz CT molecular complexity index is 685. The van der Waals surface area contributed by atoms with Gasteiger partial charge in [0.05, 0.1) is 5.69 Å². The van der Waals surface area contributed by atoms with Gasteiger partial charge in [-0.25, -0.2) is 4.79 Å². The Balaban J connectivity index is 2.60. The molecule has 0 amide bonds. The highest BCUT2D eigenvalue weighted by Crippen LogP contribution is 2.19. The van der Waals surface area contributed by atoms with Gasteiger partial charge < -0.3 is 10.8 Å². The monoisotopic (exact) mass is 275 g/mol. The first-order valence-corrected chi connectivity index (χ1v) is 6.30. The van der Waals surface area contributed by atoms with E-state index in [1.165, 1.54) is 4.57 Å². The molecule has 0 radical (unpaired) electrons. The summed E-state index contributed by atoms with van der Waals surface area (Å²) in [6, 6.07) is 5.61. The second-order valence-electron chi connectivity index (χ2n) is 4.83. The van der Waals surface area contributed by atoms with Crippen LogP contribution in [0.25, 0.3) is 5.69 Å². The van der Waals surface area contributed by atoms with E-state index in [0.717, 1.165) is 0 Å². The minimum absolute atomic E-state index is 0.0315. The van der Waals surface area contributed by atoms with Crippen molar-refractivity contribution in [3.05, 3.63) is 52.7 Å². The summed E-state index contributed by atoms with van der Waals surface area (Å²) in [5.41, 5.74) is 6.35. The third-order valence-corrected chi connectivity index (χ3v) is 3.16. The van der Waals surface area contributed by atoms with Crippen LogP contribution >= 0.6 is 0 Å². The van der Waals surface area contributed by atoms with Gasteiger partial charge in [-0.3, -0.25) is 13.9 Å². The zero-order valence-corrected chi connectivity index (χ0v) is 11.4. The van der Waals surface area contributed by atoms with Crippen LogP contribution < -0.4 is 11.4 Å². The average Bonchev–Trinajstić information content (AvgIpc) is 2.79. The number of hydrogen-bond acceptors (Lipinski definition) is 3. The van der Waals surface area contributed by atoms with Crippen molar-refractivity contribution in [3.8, 4) is 5.69 Å². The molecule has 106 valence electrons. The lowest BCUT2D eigenvalue weighted by Crippen LogP contribution is -2.27. The van der Waals surface area contributed by atoms with Crippen LogP contribution in [0.4, 0.5) is 0 Å². The molecular weight excluding hydrogens is 258 g/mol. The molecule has 0 aliphatic heterocycles. The predicted molar refractivity (Wildman–Crippen MR) is 75.0 cm³/mol. The van der Waals surface area contributed by atoms with Crippen molar-refractivity contribution >= 4 is 5.97 Å². The second kappa shape index (κ2) is 5.34. The molecule has 1 aromatic heterocycles. The molecule has 1 unspecified atom stereocenters. The number of aliphatic carboxylic acids is 1. The number of nitrogens with two attached hydrogens (primary N) is 1. The molecule has 1 heterocycles. The molecule has 0 saturated carbocycles. The standard InChI is InChI=1S/C14H17N3O3/c1-9(2)16-7-8-17(14(16)20)11-6-4-3-5-10(11)12(15)13(18)19/h3-9,12H,15H2,1-2H3,(H,18,19). The number of nitrogens with zero attached hydrogens (tertiary/aromatic N) is 2. The molecule has 20 heavy (non-hydrogen) atoms. The number of aromatic nitrogens is 2. The fourth-order valence-electron chi connectivity index (χ4n) is 2.07. The maximum atomic E-state index is 12.3. The topological polar surface area (TPSA) is 90.2 Å². The number of imidazole rings is 1. The first kappa shape index (κ1) is 14.1. The summed E-state index contributed by atoms with van der Waals surface area (Å²) in [6.07, 6.45) is 3.30. The molecule has 0 fully saturated rings. The van der Waals surface area contributed by atoms with Crippen LogP contribution in [-0.2, 0) is 4.79 Å². The first-order valence-electron chi connectivity index (χ1n) is 6.30. The fourth-order valence-corrected chi connectivity index (χ4v) is 2.07. The van der Waals surface area contributed by atoms with Crippen LogP contribution in [0.3, 0.4) is 0 Å². The fraction of sp³-hybridized carbons (Fsp3) is 0.286. The van der Waals surface area contributed by atoms with E-state index in [1.807, 2.05) is 13.8 Å². The van der Waals surface area contributed by atoms with Crippen LogP contribution in [0.15, 0.2) is 41.5 Å². The maximum absolute atomic E-state index is 12.3. The van der Waals surface area contributed by atoms with Crippen LogP contribution in [0, 0.1) is 0 Å². The number of rotatable bonds is 4.